The molecule has 0 aliphatic rings. The minimum absolute atomic E-state index is 0.0445. The number of aryl methyl sites for hydroxylation is 1. The second-order valence-corrected chi connectivity index (χ2v) is 4.61. The summed E-state index contributed by atoms with van der Waals surface area (Å²) < 4.78 is 5.64. The van der Waals surface area contributed by atoms with E-state index >= 15 is 0 Å². The summed E-state index contributed by atoms with van der Waals surface area (Å²) in [5.74, 6) is 2.01. The zero-order chi connectivity index (χ0) is 11.3. The second-order valence-electron chi connectivity index (χ2n) is 4.61. The first-order chi connectivity index (χ1) is 7.06. The summed E-state index contributed by atoms with van der Waals surface area (Å²) in [5.41, 5.74) is 5.48. The van der Waals surface area contributed by atoms with Crippen molar-refractivity contribution in [3.8, 4) is 0 Å². The van der Waals surface area contributed by atoms with Crippen LogP contribution in [-0.4, -0.2) is 19.6 Å². The van der Waals surface area contributed by atoms with Crippen LogP contribution in [0.5, 0.6) is 0 Å². The molecule has 15 heavy (non-hydrogen) atoms. The monoisotopic (exact) mass is 210 g/mol. The maximum atomic E-state index is 5.64. The molecule has 3 N–H and O–H groups in total. The molecule has 3 nitrogen and oxygen atoms in total. The van der Waals surface area contributed by atoms with Crippen molar-refractivity contribution < 1.29 is 4.42 Å². The molecule has 0 aromatic carbocycles. The van der Waals surface area contributed by atoms with Crippen LogP contribution in [0.4, 0.5) is 0 Å². The maximum absolute atomic E-state index is 5.64. The van der Waals surface area contributed by atoms with Gasteiger partial charge in [0.2, 0.25) is 0 Å². The van der Waals surface area contributed by atoms with Gasteiger partial charge in [-0.1, -0.05) is 13.8 Å². The van der Waals surface area contributed by atoms with E-state index in [9.17, 15) is 0 Å². The third-order valence-electron chi connectivity index (χ3n) is 2.53. The van der Waals surface area contributed by atoms with Gasteiger partial charge in [0.1, 0.15) is 11.5 Å². The van der Waals surface area contributed by atoms with Crippen molar-refractivity contribution in [1.82, 2.24) is 5.32 Å². The van der Waals surface area contributed by atoms with Crippen molar-refractivity contribution in [2.45, 2.75) is 32.6 Å². The van der Waals surface area contributed by atoms with Crippen LogP contribution in [0.3, 0.4) is 0 Å². The third kappa shape index (κ3) is 3.68. The molecule has 1 rings (SSSR count). The van der Waals surface area contributed by atoms with Crippen LogP contribution in [0.2, 0.25) is 0 Å². The van der Waals surface area contributed by atoms with E-state index in [0.717, 1.165) is 37.6 Å². The van der Waals surface area contributed by atoms with Crippen molar-refractivity contribution in [3.05, 3.63) is 23.7 Å². The van der Waals surface area contributed by atoms with E-state index in [1.807, 2.05) is 13.0 Å². The molecule has 3 heteroatoms. The fraction of sp³-hybridized carbons (Fsp3) is 0.667. The summed E-state index contributed by atoms with van der Waals surface area (Å²) in [4.78, 5) is 0. The Balaban J connectivity index is 2.44. The van der Waals surface area contributed by atoms with E-state index in [4.69, 9.17) is 10.2 Å². The molecular weight excluding hydrogens is 188 g/mol. The van der Waals surface area contributed by atoms with Gasteiger partial charge >= 0.3 is 0 Å². The van der Waals surface area contributed by atoms with Crippen LogP contribution in [0.1, 0.15) is 31.8 Å². The normalized spacial score (nSPS) is 12.0. The molecule has 0 amide bonds. The minimum Gasteiger partial charge on any atom is -0.466 e. The molecule has 0 saturated carbocycles. The first kappa shape index (κ1) is 12.3. The lowest BCUT2D eigenvalue weighted by Crippen LogP contribution is -2.33. The van der Waals surface area contributed by atoms with Crippen molar-refractivity contribution >= 4 is 0 Å². The van der Waals surface area contributed by atoms with Crippen molar-refractivity contribution in [1.29, 1.82) is 0 Å². The maximum Gasteiger partial charge on any atom is 0.111 e. The highest BCUT2D eigenvalue weighted by molar-refractivity contribution is 5.15. The Morgan fingerprint density at radius 3 is 2.67 bits per heavy atom. The number of rotatable bonds is 6. The highest BCUT2D eigenvalue weighted by Crippen LogP contribution is 2.24. The molecule has 0 aliphatic heterocycles. The van der Waals surface area contributed by atoms with E-state index < -0.39 is 0 Å². The predicted octanol–water partition coefficient (Wildman–Crippen LogP) is 1.80. The number of furan rings is 1. The van der Waals surface area contributed by atoms with Crippen molar-refractivity contribution in [2.75, 3.05) is 19.6 Å². The Morgan fingerprint density at radius 1 is 1.40 bits per heavy atom. The summed E-state index contributed by atoms with van der Waals surface area (Å²) in [6.45, 7) is 8.97. The smallest absolute Gasteiger partial charge is 0.111 e. The van der Waals surface area contributed by atoms with E-state index in [1.165, 1.54) is 0 Å². The van der Waals surface area contributed by atoms with Crippen LogP contribution >= 0.6 is 0 Å². The Labute approximate surface area is 92.0 Å². The Hall–Kier alpha value is -0.800. The van der Waals surface area contributed by atoms with E-state index in [0.29, 0.717) is 0 Å². The minimum atomic E-state index is 0.0445. The number of nitrogens with two attached hydrogens (primary N) is 1. The molecule has 0 bridgehead atoms. The standard InChI is InChI=1S/C12H22N2O/c1-10-5-6-11(15-10)12(2,3)9-14-8-4-7-13/h5-6,14H,4,7-9,13H2,1-3H3. The van der Waals surface area contributed by atoms with E-state index in [-0.39, 0.29) is 5.41 Å². The van der Waals surface area contributed by atoms with Gasteiger partial charge in [0.05, 0.1) is 0 Å². The van der Waals surface area contributed by atoms with E-state index in [1.54, 1.807) is 0 Å². The Morgan fingerprint density at radius 2 is 2.13 bits per heavy atom. The zero-order valence-corrected chi connectivity index (χ0v) is 9.97. The fourth-order valence-electron chi connectivity index (χ4n) is 1.51. The van der Waals surface area contributed by atoms with Gasteiger partial charge in [-0.3, -0.25) is 0 Å². The van der Waals surface area contributed by atoms with Gasteiger partial charge in [0, 0.05) is 12.0 Å². The third-order valence-corrected chi connectivity index (χ3v) is 2.53. The molecule has 0 radical (unpaired) electrons. The topological polar surface area (TPSA) is 51.2 Å². The van der Waals surface area contributed by atoms with Gasteiger partial charge in [-0.2, -0.15) is 0 Å². The Kier molecular flexibility index (Phi) is 4.36. The van der Waals surface area contributed by atoms with Crippen LogP contribution in [-0.2, 0) is 5.41 Å². The fourth-order valence-corrected chi connectivity index (χ4v) is 1.51. The van der Waals surface area contributed by atoms with Gasteiger partial charge in [-0.25, -0.2) is 0 Å². The van der Waals surface area contributed by atoms with Gasteiger partial charge in [-0.05, 0) is 38.6 Å². The molecule has 0 atom stereocenters. The lowest BCUT2D eigenvalue weighted by Gasteiger charge is -2.22. The summed E-state index contributed by atoms with van der Waals surface area (Å²) in [6, 6.07) is 4.07. The summed E-state index contributed by atoms with van der Waals surface area (Å²) in [6.07, 6.45) is 1.02. The number of hydrogen-bond donors (Lipinski definition) is 2. The van der Waals surface area contributed by atoms with Gasteiger partial charge < -0.3 is 15.5 Å². The largest absolute Gasteiger partial charge is 0.466 e. The van der Waals surface area contributed by atoms with Crippen molar-refractivity contribution in [2.24, 2.45) is 5.73 Å². The second kappa shape index (κ2) is 5.33. The lowest BCUT2D eigenvalue weighted by atomic mass is 9.90. The molecule has 0 fully saturated rings. The van der Waals surface area contributed by atoms with Crippen LogP contribution in [0.15, 0.2) is 16.5 Å². The summed E-state index contributed by atoms with van der Waals surface area (Å²) in [5, 5.41) is 3.39. The van der Waals surface area contributed by atoms with E-state index in [2.05, 4.69) is 25.2 Å². The van der Waals surface area contributed by atoms with Crippen LogP contribution in [0, 0.1) is 6.92 Å². The zero-order valence-electron chi connectivity index (χ0n) is 9.97. The van der Waals surface area contributed by atoms with Crippen LogP contribution < -0.4 is 11.1 Å². The molecule has 0 unspecified atom stereocenters. The highest BCUT2D eigenvalue weighted by atomic mass is 16.3. The molecule has 1 aromatic rings. The molecule has 0 aliphatic carbocycles. The first-order valence-corrected chi connectivity index (χ1v) is 5.54. The average molecular weight is 210 g/mol. The predicted molar refractivity (Wildman–Crippen MR) is 63.0 cm³/mol. The quantitative estimate of drug-likeness (QED) is 0.704. The molecular formula is C12H22N2O. The van der Waals surface area contributed by atoms with Gasteiger partial charge in [-0.15, -0.1) is 0 Å². The number of hydrogen-bond acceptors (Lipinski definition) is 3. The van der Waals surface area contributed by atoms with Gasteiger partial charge in [0.15, 0.2) is 0 Å². The van der Waals surface area contributed by atoms with Gasteiger partial charge in [0.25, 0.3) is 0 Å². The van der Waals surface area contributed by atoms with Crippen molar-refractivity contribution in [3.63, 3.8) is 0 Å². The summed E-state index contributed by atoms with van der Waals surface area (Å²) >= 11 is 0. The average Bonchev–Trinajstić information content (AvgIpc) is 2.60. The highest BCUT2D eigenvalue weighted by Gasteiger charge is 2.23. The lowest BCUT2D eigenvalue weighted by molar-refractivity contribution is 0.357. The van der Waals surface area contributed by atoms with Crippen LogP contribution in [0.25, 0.3) is 0 Å². The molecule has 1 aromatic heterocycles. The molecule has 0 spiro atoms. The summed E-state index contributed by atoms with van der Waals surface area (Å²) in [7, 11) is 0. The first-order valence-electron chi connectivity index (χ1n) is 5.54. The number of nitrogens with one attached hydrogen (secondary N) is 1. The SMILES string of the molecule is Cc1ccc(C(C)(C)CNCCCN)o1. The molecule has 86 valence electrons. The Bertz CT molecular complexity index is 292. The molecule has 0 saturated heterocycles. The molecule has 1 heterocycles.